The van der Waals surface area contributed by atoms with Crippen molar-refractivity contribution in [3.63, 3.8) is 0 Å². The Bertz CT molecular complexity index is 1000. The highest BCUT2D eigenvalue weighted by atomic mass is 19.4. The average molecular weight is 366 g/mol. The summed E-state index contributed by atoms with van der Waals surface area (Å²) in [5.74, 6) is -0.632. The van der Waals surface area contributed by atoms with Gasteiger partial charge < -0.3 is 15.0 Å². The van der Waals surface area contributed by atoms with Gasteiger partial charge in [-0.3, -0.25) is 4.79 Å². The summed E-state index contributed by atoms with van der Waals surface area (Å²) in [6.07, 6.45) is -3.46. The second kappa shape index (κ2) is 5.86. The molecule has 0 aliphatic heterocycles. The van der Waals surface area contributed by atoms with Crippen LogP contribution in [-0.4, -0.2) is 26.1 Å². The number of carbonyl (C=O) groups excluding carboxylic acids is 1. The molecule has 1 aromatic carbocycles. The van der Waals surface area contributed by atoms with Crippen LogP contribution in [0.15, 0.2) is 24.5 Å². The standard InChI is InChI=1S/C17H17F3N4O2/c1-16(2,3)26-11(25)7-24-13-9(5-4-6-10(13)17(18,19)20)12-14(21)22-8-23-15(12)24/h4-6,8H,7H2,1-3H3,(H2,21,22,23). The monoisotopic (exact) mass is 366 g/mol. The molecule has 26 heavy (non-hydrogen) atoms. The molecule has 0 aliphatic carbocycles. The zero-order valence-electron chi connectivity index (χ0n) is 14.4. The topological polar surface area (TPSA) is 83.0 Å². The molecular weight excluding hydrogens is 349 g/mol. The lowest BCUT2D eigenvalue weighted by Crippen LogP contribution is -2.26. The third-order valence-corrected chi connectivity index (χ3v) is 3.70. The van der Waals surface area contributed by atoms with Crippen LogP contribution in [0.2, 0.25) is 0 Å². The summed E-state index contributed by atoms with van der Waals surface area (Å²) in [5, 5.41) is 0.508. The quantitative estimate of drug-likeness (QED) is 0.702. The van der Waals surface area contributed by atoms with E-state index in [-0.39, 0.29) is 27.8 Å². The van der Waals surface area contributed by atoms with E-state index in [1.54, 1.807) is 20.8 Å². The second-order valence-corrected chi connectivity index (χ2v) is 6.83. The molecule has 0 unspecified atom stereocenters. The summed E-state index contributed by atoms with van der Waals surface area (Å²) in [6, 6.07) is 3.74. The van der Waals surface area contributed by atoms with Gasteiger partial charge in [0.25, 0.3) is 0 Å². The number of aromatic nitrogens is 3. The molecule has 0 radical (unpaired) electrons. The summed E-state index contributed by atoms with van der Waals surface area (Å²) in [4.78, 5) is 20.2. The number of rotatable bonds is 2. The number of nitrogens with zero attached hydrogens (tertiary/aromatic N) is 3. The summed E-state index contributed by atoms with van der Waals surface area (Å²) in [7, 11) is 0. The first kappa shape index (κ1) is 18.0. The molecule has 0 fully saturated rings. The number of hydrogen-bond donors (Lipinski definition) is 1. The lowest BCUT2D eigenvalue weighted by molar-refractivity contribution is -0.155. The Balaban J connectivity index is 2.31. The molecule has 2 heterocycles. The normalized spacial score (nSPS) is 12.7. The van der Waals surface area contributed by atoms with Gasteiger partial charge in [-0.15, -0.1) is 0 Å². The van der Waals surface area contributed by atoms with E-state index in [1.807, 2.05) is 0 Å². The first-order valence-corrected chi connectivity index (χ1v) is 7.79. The zero-order valence-corrected chi connectivity index (χ0v) is 14.4. The number of carbonyl (C=O) groups is 1. The van der Waals surface area contributed by atoms with E-state index in [0.717, 1.165) is 12.4 Å². The van der Waals surface area contributed by atoms with Crippen molar-refractivity contribution < 1.29 is 22.7 Å². The number of ether oxygens (including phenoxy) is 1. The number of anilines is 1. The van der Waals surface area contributed by atoms with Gasteiger partial charge in [0.05, 0.1) is 16.5 Å². The fourth-order valence-corrected chi connectivity index (χ4v) is 2.88. The van der Waals surface area contributed by atoms with Crippen LogP contribution >= 0.6 is 0 Å². The number of halogens is 3. The molecular formula is C17H17F3N4O2. The minimum absolute atomic E-state index is 0.0438. The maximum atomic E-state index is 13.5. The predicted molar refractivity (Wildman–Crippen MR) is 90.3 cm³/mol. The van der Waals surface area contributed by atoms with Gasteiger partial charge in [0, 0.05) is 5.39 Å². The van der Waals surface area contributed by atoms with Crippen molar-refractivity contribution in [1.82, 2.24) is 14.5 Å². The minimum atomic E-state index is -4.61. The van der Waals surface area contributed by atoms with Crippen LogP contribution < -0.4 is 5.73 Å². The minimum Gasteiger partial charge on any atom is -0.459 e. The van der Waals surface area contributed by atoms with Crippen LogP contribution in [0.4, 0.5) is 19.0 Å². The molecule has 6 nitrogen and oxygen atoms in total. The molecule has 0 spiro atoms. The highest BCUT2D eigenvalue weighted by Gasteiger charge is 2.35. The van der Waals surface area contributed by atoms with Crippen molar-refractivity contribution in [2.45, 2.75) is 39.1 Å². The zero-order chi connectivity index (χ0) is 19.3. The van der Waals surface area contributed by atoms with Gasteiger partial charge in [0.15, 0.2) is 0 Å². The fourth-order valence-electron chi connectivity index (χ4n) is 2.88. The van der Waals surface area contributed by atoms with Crippen molar-refractivity contribution in [3.8, 4) is 0 Å². The Morgan fingerprint density at radius 1 is 1.23 bits per heavy atom. The van der Waals surface area contributed by atoms with Gasteiger partial charge in [-0.1, -0.05) is 12.1 Å². The molecule has 0 bridgehead atoms. The fraction of sp³-hybridized carbons (Fsp3) is 0.353. The number of nitrogen functional groups attached to an aromatic ring is 1. The van der Waals surface area contributed by atoms with Gasteiger partial charge in [0.1, 0.15) is 29.9 Å². The van der Waals surface area contributed by atoms with E-state index >= 15 is 0 Å². The number of para-hydroxylation sites is 1. The third kappa shape index (κ3) is 3.16. The first-order chi connectivity index (χ1) is 12.0. The van der Waals surface area contributed by atoms with Crippen LogP contribution in [0.3, 0.4) is 0 Å². The molecule has 0 aliphatic rings. The summed E-state index contributed by atoms with van der Waals surface area (Å²) < 4.78 is 47.0. The molecule has 138 valence electrons. The Morgan fingerprint density at radius 2 is 1.92 bits per heavy atom. The number of nitrogens with two attached hydrogens (primary N) is 1. The van der Waals surface area contributed by atoms with E-state index in [0.29, 0.717) is 0 Å². The van der Waals surface area contributed by atoms with Crippen molar-refractivity contribution in [3.05, 3.63) is 30.1 Å². The molecule has 2 N–H and O–H groups in total. The molecule has 0 saturated heterocycles. The summed E-state index contributed by atoms with van der Waals surface area (Å²) in [6.45, 7) is 4.61. The van der Waals surface area contributed by atoms with Crippen LogP contribution in [0.1, 0.15) is 26.3 Å². The number of hydrogen-bond acceptors (Lipinski definition) is 5. The van der Waals surface area contributed by atoms with Crippen LogP contribution in [-0.2, 0) is 22.3 Å². The molecule has 3 aromatic rings. The van der Waals surface area contributed by atoms with Crippen molar-refractivity contribution >= 4 is 33.7 Å². The maximum absolute atomic E-state index is 13.5. The van der Waals surface area contributed by atoms with Crippen LogP contribution in [0.25, 0.3) is 21.9 Å². The molecule has 3 rings (SSSR count). The Labute approximate surface area is 146 Å². The number of benzene rings is 1. The second-order valence-electron chi connectivity index (χ2n) is 6.83. The largest absolute Gasteiger partial charge is 0.459 e. The Morgan fingerprint density at radius 3 is 2.54 bits per heavy atom. The third-order valence-electron chi connectivity index (χ3n) is 3.70. The molecule has 9 heteroatoms. The van der Waals surface area contributed by atoms with E-state index in [9.17, 15) is 18.0 Å². The van der Waals surface area contributed by atoms with Crippen molar-refractivity contribution in [2.75, 3.05) is 5.73 Å². The maximum Gasteiger partial charge on any atom is 0.418 e. The predicted octanol–water partition coefficient (Wildman–Crippen LogP) is 3.53. The van der Waals surface area contributed by atoms with E-state index in [2.05, 4.69) is 9.97 Å². The first-order valence-electron chi connectivity index (χ1n) is 7.79. The smallest absolute Gasteiger partial charge is 0.418 e. The average Bonchev–Trinajstić information content (AvgIpc) is 2.80. The molecule has 2 aromatic heterocycles. The van der Waals surface area contributed by atoms with E-state index < -0.39 is 29.9 Å². The van der Waals surface area contributed by atoms with Gasteiger partial charge >= 0.3 is 12.1 Å². The van der Waals surface area contributed by atoms with Gasteiger partial charge in [-0.05, 0) is 26.8 Å². The summed E-state index contributed by atoms with van der Waals surface area (Å²) >= 11 is 0. The highest BCUT2D eigenvalue weighted by molar-refractivity contribution is 6.12. The number of esters is 1. The number of alkyl halides is 3. The van der Waals surface area contributed by atoms with Gasteiger partial charge in [-0.2, -0.15) is 13.2 Å². The molecule has 0 atom stereocenters. The van der Waals surface area contributed by atoms with E-state index in [4.69, 9.17) is 10.5 Å². The van der Waals surface area contributed by atoms with Crippen LogP contribution in [0.5, 0.6) is 0 Å². The molecule has 0 amide bonds. The highest BCUT2D eigenvalue weighted by Crippen LogP contribution is 2.39. The molecule has 0 saturated carbocycles. The number of fused-ring (bicyclic) bond motifs is 3. The summed E-state index contributed by atoms with van der Waals surface area (Å²) in [5.41, 5.74) is 4.19. The van der Waals surface area contributed by atoms with Crippen molar-refractivity contribution in [2.24, 2.45) is 0 Å². The lowest BCUT2D eigenvalue weighted by atomic mass is 10.1. The van der Waals surface area contributed by atoms with Crippen molar-refractivity contribution in [1.29, 1.82) is 0 Å². The lowest BCUT2D eigenvalue weighted by Gasteiger charge is -2.20. The van der Waals surface area contributed by atoms with Crippen LogP contribution in [0, 0.1) is 0 Å². The Kier molecular flexibility index (Phi) is 4.05. The van der Waals surface area contributed by atoms with E-state index in [1.165, 1.54) is 16.7 Å². The van der Waals surface area contributed by atoms with Gasteiger partial charge in [0.2, 0.25) is 0 Å². The Hall–Kier alpha value is -2.84. The van der Waals surface area contributed by atoms with Gasteiger partial charge in [-0.25, -0.2) is 9.97 Å². The SMILES string of the molecule is CC(C)(C)OC(=O)Cn1c2ncnc(N)c2c2cccc(C(F)(F)F)c21.